The summed E-state index contributed by atoms with van der Waals surface area (Å²) in [6.07, 6.45) is 0.0542. The van der Waals surface area contributed by atoms with E-state index in [2.05, 4.69) is 0 Å². The molecule has 0 radical (unpaired) electrons. The van der Waals surface area contributed by atoms with Crippen LogP contribution >= 0.6 is 0 Å². The lowest BCUT2D eigenvalue weighted by Crippen LogP contribution is -2.34. The Labute approximate surface area is 124 Å². The number of nitrogen functional groups attached to an aromatic ring is 1. The molecule has 0 aliphatic rings. The van der Waals surface area contributed by atoms with Crippen molar-refractivity contribution >= 4 is 15.7 Å². The summed E-state index contributed by atoms with van der Waals surface area (Å²) < 4.78 is 44.6. The monoisotopic (exact) mass is 315 g/mol. The molecule has 0 bridgehead atoms. The van der Waals surface area contributed by atoms with Crippen LogP contribution in [0.15, 0.2) is 17.0 Å². The van der Waals surface area contributed by atoms with Crippen LogP contribution in [0, 0.1) is 24.1 Å². The molecule has 1 aromatic rings. The van der Waals surface area contributed by atoms with Gasteiger partial charge in [-0.25, -0.2) is 12.8 Å². The van der Waals surface area contributed by atoms with E-state index in [9.17, 15) is 12.8 Å². The van der Waals surface area contributed by atoms with Crippen LogP contribution in [-0.4, -0.2) is 39.5 Å². The van der Waals surface area contributed by atoms with Crippen molar-refractivity contribution in [2.45, 2.75) is 18.2 Å². The topological polar surface area (TPSA) is 96.4 Å². The summed E-state index contributed by atoms with van der Waals surface area (Å²) in [6.45, 7) is 1.79. The first-order valence-electron chi connectivity index (χ1n) is 6.26. The van der Waals surface area contributed by atoms with Crippen molar-refractivity contribution in [3.63, 3.8) is 0 Å². The highest BCUT2D eigenvalue weighted by Crippen LogP contribution is 2.23. The molecule has 0 aliphatic heterocycles. The Morgan fingerprint density at radius 1 is 1.43 bits per heavy atom. The Kier molecular flexibility index (Phi) is 6.08. The predicted molar refractivity (Wildman–Crippen MR) is 76.4 cm³/mol. The highest BCUT2D eigenvalue weighted by Gasteiger charge is 2.25. The lowest BCUT2D eigenvalue weighted by Gasteiger charge is -2.21. The number of hydrogen-bond acceptors (Lipinski definition) is 5. The molecule has 0 atom stereocenters. The zero-order valence-electron chi connectivity index (χ0n) is 12.0. The number of aryl methyl sites for hydroxylation is 1. The van der Waals surface area contributed by atoms with Crippen LogP contribution in [0.2, 0.25) is 0 Å². The third kappa shape index (κ3) is 4.14. The maximum absolute atomic E-state index is 13.5. The van der Waals surface area contributed by atoms with Crippen molar-refractivity contribution in [1.82, 2.24) is 4.31 Å². The molecule has 0 saturated carbocycles. The number of benzene rings is 1. The lowest BCUT2D eigenvalue weighted by atomic mass is 10.2. The van der Waals surface area contributed by atoms with Gasteiger partial charge >= 0.3 is 0 Å². The molecular weight excluding hydrogens is 297 g/mol. The maximum Gasteiger partial charge on any atom is 0.243 e. The number of anilines is 1. The molecule has 0 unspecified atom stereocenters. The average Bonchev–Trinajstić information content (AvgIpc) is 2.44. The Bertz CT molecular complexity index is 618. The van der Waals surface area contributed by atoms with E-state index in [0.29, 0.717) is 0 Å². The second-order valence-electron chi connectivity index (χ2n) is 4.45. The molecule has 1 rings (SSSR count). The third-order valence-corrected chi connectivity index (χ3v) is 4.79. The fourth-order valence-electron chi connectivity index (χ4n) is 1.78. The largest absolute Gasteiger partial charge is 0.396 e. The molecule has 21 heavy (non-hydrogen) atoms. The van der Waals surface area contributed by atoms with Gasteiger partial charge in [0.1, 0.15) is 5.82 Å². The van der Waals surface area contributed by atoms with E-state index in [1.165, 1.54) is 20.1 Å². The van der Waals surface area contributed by atoms with Gasteiger partial charge < -0.3 is 10.5 Å². The van der Waals surface area contributed by atoms with Gasteiger partial charge in [-0.3, -0.25) is 0 Å². The van der Waals surface area contributed by atoms with Gasteiger partial charge in [0.25, 0.3) is 0 Å². The molecule has 0 spiro atoms. The highest BCUT2D eigenvalue weighted by atomic mass is 32.2. The van der Waals surface area contributed by atoms with Crippen LogP contribution < -0.4 is 5.73 Å². The Hall–Kier alpha value is -1.69. The molecule has 0 fully saturated rings. The summed E-state index contributed by atoms with van der Waals surface area (Å²) in [5.74, 6) is -0.630. The van der Waals surface area contributed by atoms with Crippen molar-refractivity contribution in [3.05, 3.63) is 23.5 Å². The van der Waals surface area contributed by atoms with Gasteiger partial charge in [0.05, 0.1) is 23.3 Å². The lowest BCUT2D eigenvalue weighted by molar-refractivity contribution is 0.179. The van der Waals surface area contributed by atoms with Crippen molar-refractivity contribution < 1.29 is 17.5 Å². The number of nitrogens with zero attached hydrogens (tertiary/aromatic N) is 2. The number of rotatable bonds is 7. The smallest absolute Gasteiger partial charge is 0.243 e. The van der Waals surface area contributed by atoms with Gasteiger partial charge in [0.2, 0.25) is 10.0 Å². The van der Waals surface area contributed by atoms with Crippen molar-refractivity contribution in [1.29, 1.82) is 5.26 Å². The summed E-state index contributed by atoms with van der Waals surface area (Å²) in [6, 6.07) is 4.21. The summed E-state index contributed by atoms with van der Waals surface area (Å²) in [4.78, 5) is -0.0899. The summed E-state index contributed by atoms with van der Waals surface area (Å²) in [5, 5.41) is 8.63. The minimum absolute atomic E-state index is 0.0402. The van der Waals surface area contributed by atoms with Crippen LogP contribution in [0.1, 0.15) is 12.0 Å². The van der Waals surface area contributed by atoms with Crippen molar-refractivity contribution in [3.8, 4) is 6.07 Å². The number of methoxy groups -OCH3 is 1. The van der Waals surface area contributed by atoms with Crippen LogP contribution in [0.3, 0.4) is 0 Å². The Morgan fingerprint density at radius 2 is 2.10 bits per heavy atom. The number of hydrogen-bond donors (Lipinski definition) is 1. The van der Waals surface area contributed by atoms with E-state index in [4.69, 9.17) is 15.7 Å². The summed E-state index contributed by atoms with van der Waals surface area (Å²) in [7, 11) is -2.40. The van der Waals surface area contributed by atoms with Gasteiger partial charge in [-0.15, -0.1) is 0 Å². The highest BCUT2D eigenvalue weighted by molar-refractivity contribution is 7.89. The minimum Gasteiger partial charge on any atom is -0.396 e. The number of nitriles is 1. The molecule has 0 aromatic heterocycles. The summed E-state index contributed by atoms with van der Waals surface area (Å²) in [5.41, 5.74) is 5.42. The number of ether oxygens (including phenoxy) is 1. The second kappa shape index (κ2) is 7.36. The van der Waals surface area contributed by atoms with E-state index in [1.807, 2.05) is 6.07 Å². The summed E-state index contributed by atoms with van der Waals surface area (Å²) >= 11 is 0. The van der Waals surface area contributed by atoms with E-state index in [0.717, 1.165) is 10.4 Å². The zero-order valence-corrected chi connectivity index (χ0v) is 12.8. The SMILES string of the molecule is COCCN(CCC#N)S(=O)(=O)c1cc(C)c(F)c(N)c1. The second-order valence-corrected chi connectivity index (χ2v) is 6.39. The fourth-order valence-corrected chi connectivity index (χ4v) is 3.33. The van der Waals surface area contributed by atoms with Gasteiger partial charge in [-0.1, -0.05) is 0 Å². The molecule has 8 heteroatoms. The molecule has 116 valence electrons. The molecule has 0 saturated heterocycles. The molecule has 0 heterocycles. The molecular formula is C13H18FN3O3S. The molecule has 0 aliphatic carbocycles. The fraction of sp³-hybridized carbons (Fsp3) is 0.462. The normalized spacial score (nSPS) is 11.6. The van der Waals surface area contributed by atoms with Crippen LogP contribution in [0.4, 0.5) is 10.1 Å². The Morgan fingerprint density at radius 3 is 2.62 bits per heavy atom. The molecule has 1 aromatic carbocycles. The van der Waals surface area contributed by atoms with Gasteiger partial charge in [0, 0.05) is 26.6 Å². The van der Waals surface area contributed by atoms with Gasteiger partial charge in [-0.05, 0) is 24.6 Å². The van der Waals surface area contributed by atoms with Gasteiger partial charge in [0.15, 0.2) is 0 Å². The maximum atomic E-state index is 13.5. The standard InChI is InChI=1S/C13H18FN3O3S/c1-10-8-11(9-12(16)13(10)14)21(18,19)17(5-3-4-15)6-7-20-2/h8-9H,3,5-7,16H2,1-2H3. The first-order chi connectivity index (χ1) is 9.84. The number of nitrogens with two attached hydrogens (primary N) is 1. The molecule has 6 nitrogen and oxygen atoms in total. The van der Waals surface area contributed by atoms with E-state index < -0.39 is 15.8 Å². The van der Waals surface area contributed by atoms with E-state index >= 15 is 0 Å². The van der Waals surface area contributed by atoms with Crippen LogP contribution in [-0.2, 0) is 14.8 Å². The average molecular weight is 315 g/mol. The van der Waals surface area contributed by atoms with Crippen molar-refractivity contribution in [2.75, 3.05) is 32.5 Å². The molecule has 0 amide bonds. The zero-order chi connectivity index (χ0) is 16.0. The Balaban J connectivity index is 3.18. The third-order valence-electron chi connectivity index (χ3n) is 2.91. The first kappa shape index (κ1) is 17.4. The van der Waals surface area contributed by atoms with E-state index in [1.54, 1.807) is 0 Å². The van der Waals surface area contributed by atoms with Gasteiger partial charge in [-0.2, -0.15) is 9.57 Å². The van der Waals surface area contributed by atoms with Crippen LogP contribution in [0.5, 0.6) is 0 Å². The molecule has 2 N–H and O–H groups in total. The van der Waals surface area contributed by atoms with Crippen LogP contribution in [0.25, 0.3) is 0 Å². The number of halogens is 1. The van der Waals surface area contributed by atoms with Crippen molar-refractivity contribution in [2.24, 2.45) is 0 Å². The predicted octanol–water partition coefficient (Wildman–Crippen LogP) is 1.27. The van der Waals surface area contributed by atoms with E-state index in [-0.39, 0.29) is 42.3 Å². The quantitative estimate of drug-likeness (QED) is 0.764. The first-order valence-corrected chi connectivity index (χ1v) is 7.70. The minimum atomic E-state index is -3.85. The number of sulfonamides is 1.